The van der Waals surface area contributed by atoms with Gasteiger partial charge in [0.1, 0.15) is 18.3 Å². The molecule has 2 amide bonds. The van der Waals surface area contributed by atoms with Crippen LogP contribution < -0.4 is 14.4 Å². The number of sulfonamides is 1. The van der Waals surface area contributed by atoms with E-state index in [0.29, 0.717) is 28.9 Å². The fourth-order valence-corrected chi connectivity index (χ4v) is 6.30. The topological polar surface area (TPSA) is 96.0 Å². The number of likely N-dealkylation sites (N-methyl/N-ethyl adjacent to an activating group) is 1. The minimum Gasteiger partial charge on any atom is -0.496 e. The van der Waals surface area contributed by atoms with Gasteiger partial charge in [-0.3, -0.25) is 13.9 Å². The highest BCUT2D eigenvalue weighted by Crippen LogP contribution is 2.31. The number of amides is 2. The Morgan fingerprint density at radius 1 is 1.00 bits per heavy atom. The van der Waals surface area contributed by atoms with E-state index < -0.39 is 28.5 Å². The molecule has 0 saturated carbocycles. The van der Waals surface area contributed by atoms with Gasteiger partial charge in [-0.15, -0.1) is 0 Å². The molecule has 39 heavy (non-hydrogen) atoms. The number of methoxy groups -OCH3 is 1. The highest BCUT2D eigenvalue weighted by molar-refractivity contribution is 9.10. The van der Waals surface area contributed by atoms with Crippen molar-refractivity contribution in [3.63, 3.8) is 0 Å². The Bertz CT molecular complexity index is 1380. The molecule has 0 aliphatic rings. The van der Waals surface area contributed by atoms with Crippen LogP contribution in [0.4, 0.5) is 5.69 Å². The number of rotatable bonds is 12. The number of benzene rings is 3. The van der Waals surface area contributed by atoms with Crippen molar-refractivity contribution in [2.75, 3.05) is 24.5 Å². The fourth-order valence-electron chi connectivity index (χ4n) is 4.17. The van der Waals surface area contributed by atoms with Gasteiger partial charge in [0.15, 0.2) is 0 Å². The van der Waals surface area contributed by atoms with Crippen molar-refractivity contribution in [3.05, 3.63) is 88.4 Å². The first-order valence-corrected chi connectivity index (χ1v) is 14.9. The summed E-state index contributed by atoms with van der Waals surface area (Å²) in [5, 5.41) is 2.80. The molecule has 0 aliphatic heterocycles. The van der Waals surface area contributed by atoms with Gasteiger partial charge in [-0.25, -0.2) is 8.42 Å². The molecule has 3 aromatic rings. The standard InChI is InChI=1S/C29H34BrN3O5S/c1-5-26(29(35)31-6-2)32(19-22-10-8-7-9-11-22)28(34)20-33(23-14-12-21(3)13-15-23)39(36,37)24-16-17-27(38-4)25(30)18-24/h7-18,26H,5-6,19-20H2,1-4H3,(H,31,35). The summed E-state index contributed by atoms with van der Waals surface area (Å²) in [6, 6.07) is 19.9. The number of anilines is 1. The maximum Gasteiger partial charge on any atom is 0.264 e. The number of carbonyl (C=O) groups is 2. The van der Waals surface area contributed by atoms with E-state index in [-0.39, 0.29) is 17.3 Å². The molecular formula is C29H34BrN3O5S. The van der Waals surface area contributed by atoms with Crippen molar-refractivity contribution in [3.8, 4) is 5.75 Å². The van der Waals surface area contributed by atoms with Crippen LogP contribution in [0.2, 0.25) is 0 Å². The zero-order chi connectivity index (χ0) is 28.6. The number of halogens is 1. The highest BCUT2D eigenvalue weighted by atomic mass is 79.9. The SMILES string of the molecule is CCNC(=O)C(CC)N(Cc1ccccc1)C(=O)CN(c1ccc(C)cc1)S(=O)(=O)c1ccc(OC)c(Br)c1. The second-order valence-corrected chi connectivity index (χ2v) is 11.7. The predicted octanol–water partition coefficient (Wildman–Crippen LogP) is 4.90. The van der Waals surface area contributed by atoms with Gasteiger partial charge in [0.2, 0.25) is 11.8 Å². The van der Waals surface area contributed by atoms with Crippen LogP contribution in [-0.4, -0.2) is 51.4 Å². The number of hydrogen-bond donors (Lipinski definition) is 1. The van der Waals surface area contributed by atoms with Crippen LogP contribution >= 0.6 is 15.9 Å². The highest BCUT2D eigenvalue weighted by Gasteiger charge is 2.33. The number of ether oxygens (including phenoxy) is 1. The van der Waals surface area contributed by atoms with Gasteiger partial charge in [-0.2, -0.15) is 0 Å². The Hall–Kier alpha value is -3.37. The van der Waals surface area contributed by atoms with Gasteiger partial charge in [0, 0.05) is 13.1 Å². The van der Waals surface area contributed by atoms with E-state index in [1.807, 2.05) is 51.1 Å². The first kappa shape index (κ1) is 30.2. The van der Waals surface area contributed by atoms with Gasteiger partial charge in [0.25, 0.3) is 10.0 Å². The quantitative estimate of drug-likeness (QED) is 0.312. The number of aryl methyl sites for hydroxylation is 1. The van der Waals surface area contributed by atoms with E-state index in [9.17, 15) is 18.0 Å². The summed E-state index contributed by atoms with van der Waals surface area (Å²) in [6.45, 7) is 5.62. The lowest BCUT2D eigenvalue weighted by Gasteiger charge is -2.33. The molecule has 0 saturated heterocycles. The average molecular weight is 617 g/mol. The maximum atomic E-state index is 14.0. The summed E-state index contributed by atoms with van der Waals surface area (Å²) in [4.78, 5) is 28.4. The molecule has 0 aromatic heterocycles. The first-order valence-electron chi connectivity index (χ1n) is 12.7. The largest absolute Gasteiger partial charge is 0.496 e. The lowest BCUT2D eigenvalue weighted by Crippen LogP contribution is -2.52. The van der Waals surface area contributed by atoms with E-state index in [1.165, 1.54) is 24.1 Å². The zero-order valence-corrected chi connectivity index (χ0v) is 25.0. The smallest absolute Gasteiger partial charge is 0.264 e. The van der Waals surface area contributed by atoms with Crippen LogP contribution in [0.1, 0.15) is 31.4 Å². The van der Waals surface area contributed by atoms with Gasteiger partial charge in [0.05, 0.1) is 22.2 Å². The molecule has 8 nitrogen and oxygen atoms in total. The van der Waals surface area contributed by atoms with Crippen LogP contribution in [0.25, 0.3) is 0 Å². The summed E-state index contributed by atoms with van der Waals surface area (Å²) < 4.78 is 34.8. The Labute approximate surface area is 239 Å². The molecule has 0 fully saturated rings. The Kier molecular flexibility index (Phi) is 10.5. The first-order chi connectivity index (χ1) is 18.6. The minimum atomic E-state index is -4.18. The van der Waals surface area contributed by atoms with Crippen LogP contribution in [0.15, 0.2) is 82.2 Å². The van der Waals surface area contributed by atoms with E-state index >= 15 is 0 Å². The second-order valence-electron chi connectivity index (χ2n) is 8.97. The van der Waals surface area contributed by atoms with Crippen LogP contribution in [0.5, 0.6) is 5.75 Å². The number of nitrogens with one attached hydrogen (secondary N) is 1. The summed E-state index contributed by atoms with van der Waals surface area (Å²) in [6.07, 6.45) is 0.368. The Balaban J connectivity index is 2.07. The molecule has 0 bridgehead atoms. The average Bonchev–Trinajstić information content (AvgIpc) is 2.92. The van der Waals surface area contributed by atoms with E-state index in [0.717, 1.165) is 15.4 Å². The van der Waals surface area contributed by atoms with Gasteiger partial charge >= 0.3 is 0 Å². The second kappa shape index (κ2) is 13.6. The van der Waals surface area contributed by atoms with Crippen molar-refractivity contribution in [2.24, 2.45) is 0 Å². The minimum absolute atomic E-state index is 0.00562. The lowest BCUT2D eigenvalue weighted by molar-refractivity contribution is -0.140. The number of nitrogens with zero attached hydrogens (tertiary/aromatic N) is 2. The Morgan fingerprint density at radius 2 is 1.67 bits per heavy atom. The summed E-state index contributed by atoms with van der Waals surface area (Å²) in [7, 11) is -2.69. The molecule has 0 aliphatic carbocycles. The summed E-state index contributed by atoms with van der Waals surface area (Å²) in [5.41, 5.74) is 2.12. The van der Waals surface area contributed by atoms with Crippen molar-refractivity contribution in [1.29, 1.82) is 0 Å². The summed E-state index contributed by atoms with van der Waals surface area (Å²) in [5.74, 6) is -0.296. The molecule has 0 radical (unpaired) electrons. The van der Waals surface area contributed by atoms with E-state index in [4.69, 9.17) is 4.74 Å². The normalized spacial score (nSPS) is 11.9. The van der Waals surface area contributed by atoms with Gasteiger partial charge in [-0.05, 0) is 72.1 Å². The maximum absolute atomic E-state index is 14.0. The molecule has 0 spiro atoms. The molecule has 1 atom stereocenters. The molecular weight excluding hydrogens is 582 g/mol. The zero-order valence-electron chi connectivity index (χ0n) is 22.6. The summed E-state index contributed by atoms with van der Waals surface area (Å²) >= 11 is 3.36. The molecule has 3 aromatic carbocycles. The van der Waals surface area contributed by atoms with E-state index in [1.54, 1.807) is 30.3 Å². The van der Waals surface area contributed by atoms with Crippen molar-refractivity contribution in [1.82, 2.24) is 10.2 Å². The lowest BCUT2D eigenvalue weighted by atomic mass is 10.1. The van der Waals surface area contributed by atoms with Crippen LogP contribution in [0.3, 0.4) is 0 Å². The number of hydrogen-bond acceptors (Lipinski definition) is 5. The monoisotopic (exact) mass is 615 g/mol. The molecule has 1 unspecified atom stereocenters. The third kappa shape index (κ3) is 7.39. The fraction of sp³-hybridized carbons (Fsp3) is 0.310. The predicted molar refractivity (Wildman–Crippen MR) is 156 cm³/mol. The van der Waals surface area contributed by atoms with Gasteiger partial charge < -0.3 is 15.0 Å². The molecule has 10 heteroatoms. The Morgan fingerprint density at radius 3 is 2.23 bits per heavy atom. The van der Waals surface area contributed by atoms with Gasteiger partial charge in [-0.1, -0.05) is 55.0 Å². The van der Waals surface area contributed by atoms with Crippen molar-refractivity contribution >= 4 is 43.5 Å². The van der Waals surface area contributed by atoms with Crippen molar-refractivity contribution < 1.29 is 22.7 Å². The molecule has 208 valence electrons. The number of carbonyl (C=O) groups excluding carboxylic acids is 2. The van der Waals surface area contributed by atoms with Crippen LogP contribution in [0, 0.1) is 6.92 Å². The van der Waals surface area contributed by atoms with E-state index in [2.05, 4.69) is 21.2 Å². The molecule has 3 rings (SSSR count). The molecule has 1 N–H and O–H groups in total. The third-order valence-electron chi connectivity index (χ3n) is 6.24. The van der Waals surface area contributed by atoms with Crippen LogP contribution in [-0.2, 0) is 26.2 Å². The molecule has 0 heterocycles. The van der Waals surface area contributed by atoms with Crippen molar-refractivity contribution in [2.45, 2.75) is 44.7 Å². The third-order valence-corrected chi connectivity index (χ3v) is 8.63.